The lowest BCUT2D eigenvalue weighted by Crippen LogP contribution is -2.61. The maximum Gasteiger partial charge on any atom is 0.471 e. The van der Waals surface area contributed by atoms with E-state index >= 15 is 0 Å². The molecule has 12 nitrogen and oxygen atoms in total. The zero-order valence-corrected chi connectivity index (χ0v) is 26.7. The monoisotopic (exact) mass is 640 g/mol. The summed E-state index contributed by atoms with van der Waals surface area (Å²) in [5.74, 6) is -5.02. The highest BCUT2D eigenvalue weighted by Gasteiger charge is 2.70. The number of amides is 4. The van der Waals surface area contributed by atoms with Gasteiger partial charge in [-0.05, 0) is 49.4 Å². The fourth-order valence-corrected chi connectivity index (χ4v) is 6.63. The number of piperidine rings is 1. The van der Waals surface area contributed by atoms with Crippen molar-refractivity contribution in [1.82, 2.24) is 30.6 Å². The molecule has 0 unspecified atom stereocenters. The molecule has 0 spiro atoms. The molecule has 3 heterocycles. The molecule has 3 aliphatic rings. The number of aromatic nitrogens is 2. The van der Waals surface area contributed by atoms with Gasteiger partial charge in [0.15, 0.2) is 12.4 Å². The van der Waals surface area contributed by atoms with Gasteiger partial charge in [0.25, 0.3) is 0 Å². The second-order valence-electron chi connectivity index (χ2n) is 13.9. The first-order valence-corrected chi connectivity index (χ1v) is 15.2. The van der Waals surface area contributed by atoms with Gasteiger partial charge in [0.1, 0.15) is 12.1 Å². The highest BCUT2D eigenvalue weighted by Crippen LogP contribution is 2.65. The fourth-order valence-electron chi connectivity index (χ4n) is 6.63. The summed E-state index contributed by atoms with van der Waals surface area (Å²) in [7, 11) is 0. The van der Waals surface area contributed by atoms with Gasteiger partial charge in [0.05, 0.1) is 11.7 Å². The van der Waals surface area contributed by atoms with Crippen molar-refractivity contribution in [2.45, 2.75) is 92.2 Å². The number of aryl methyl sites for hydroxylation is 2. The molecule has 0 radical (unpaired) electrons. The van der Waals surface area contributed by atoms with Crippen molar-refractivity contribution >= 4 is 29.4 Å². The molecule has 1 saturated carbocycles. The van der Waals surface area contributed by atoms with Crippen LogP contribution in [0.1, 0.15) is 60.1 Å². The number of Topliss-reactive ketones (excluding diaryl/α,β-unsaturated/α-hetero) is 1. The molecule has 15 heteroatoms. The van der Waals surface area contributed by atoms with E-state index in [2.05, 4.69) is 15.7 Å². The second kappa shape index (κ2) is 12.3. The zero-order chi connectivity index (χ0) is 33.6. The van der Waals surface area contributed by atoms with Crippen molar-refractivity contribution in [3.63, 3.8) is 0 Å². The van der Waals surface area contributed by atoms with Gasteiger partial charge in [-0.3, -0.25) is 24.0 Å². The maximum absolute atomic E-state index is 14.0. The van der Waals surface area contributed by atoms with Crippen molar-refractivity contribution in [3.8, 4) is 5.88 Å². The molecule has 0 aromatic carbocycles. The Kier molecular flexibility index (Phi) is 9.33. The van der Waals surface area contributed by atoms with Gasteiger partial charge < -0.3 is 25.6 Å². The first-order valence-electron chi connectivity index (χ1n) is 15.2. The molecule has 3 fully saturated rings. The Labute approximate surface area is 260 Å². The Balaban J connectivity index is 1.57. The van der Waals surface area contributed by atoms with Crippen LogP contribution in [0.25, 0.3) is 0 Å². The van der Waals surface area contributed by atoms with E-state index < -0.39 is 65.7 Å². The van der Waals surface area contributed by atoms with E-state index in [0.29, 0.717) is 31.1 Å². The maximum atomic E-state index is 14.0. The van der Waals surface area contributed by atoms with Crippen molar-refractivity contribution in [3.05, 3.63) is 11.8 Å². The van der Waals surface area contributed by atoms with Gasteiger partial charge in [-0.1, -0.05) is 34.6 Å². The molecule has 3 N–H and O–H groups in total. The largest absolute Gasteiger partial charge is 0.471 e. The van der Waals surface area contributed by atoms with Crippen LogP contribution in [0.15, 0.2) is 6.07 Å². The number of nitrogens with zero attached hydrogens (tertiary/aromatic N) is 3. The van der Waals surface area contributed by atoms with E-state index in [1.807, 2.05) is 26.1 Å². The lowest BCUT2D eigenvalue weighted by Gasteiger charge is -2.38. The summed E-state index contributed by atoms with van der Waals surface area (Å²) in [6.45, 7) is 12.7. The van der Waals surface area contributed by atoms with Crippen LogP contribution < -0.4 is 20.7 Å². The number of halogens is 3. The molecule has 250 valence electrons. The third kappa shape index (κ3) is 7.11. The first-order chi connectivity index (χ1) is 20.8. The summed E-state index contributed by atoms with van der Waals surface area (Å²) in [6, 6.07) is -2.12. The number of carbonyl (C=O) groups excluding carboxylic acids is 5. The van der Waals surface area contributed by atoms with Crippen molar-refractivity contribution in [1.29, 1.82) is 0 Å². The number of fused-ring (bicyclic) bond motifs is 1. The van der Waals surface area contributed by atoms with E-state index in [4.69, 9.17) is 4.74 Å². The standard InChI is InChI=1S/C30H43F3N6O6/c1-8-39-20(11-15(2)37-39)45-14-19(40)18(12-16-9-10-34-24(16)41)35-25(42)22-21-17(29(21,6)7)13-38(22)26(43)23(28(3,4)5)36-27(44)30(31,32)33/h11,16-18,21-23H,8-10,12-14H2,1-7H3,(H,34,41)(H,35,42)(H,36,44)/t16-,17-,18-,21-,22-,23+/m0/s1. The molecule has 45 heavy (non-hydrogen) atoms. The minimum atomic E-state index is -5.20. The molecule has 2 aliphatic heterocycles. The van der Waals surface area contributed by atoms with Gasteiger partial charge >= 0.3 is 12.1 Å². The Hall–Kier alpha value is -3.65. The summed E-state index contributed by atoms with van der Waals surface area (Å²) >= 11 is 0. The summed E-state index contributed by atoms with van der Waals surface area (Å²) < 4.78 is 46.8. The number of nitrogens with one attached hydrogen (secondary N) is 3. The Morgan fingerprint density at radius 2 is 1.84 bits per heavy atom. The number of likely N-dealkylation sites (tertiary alicyclic amines) is 1. The number of hydrogen-bond donors (Lipinski definition) is 3. The molecule has 6 atom stereocenters. The number of ether oxygens (including phenoxy) is 1. The Morgan fingerprint density at radius 3 is 2.40 bits per heavy atom. The summed E-state index contributed by atoms with van der Waals surface area (Å²) in [5.41, 5.74) is -0.759. The molecule has 1 aromatic rings. The molecular formula is C30H43F3N6O6. The van der Waals surface area contributed by atoms with Gasteiger partial charge in [-0.15, -0.1) is 0 Å². The predicted octanol–water partition coefficient (Wildman–Crippen LogP) is 1.75. The highest BCUT2D eigenvalue weighted by molar-refractivity contribution is 5.97. The molecule has 4 rings (SSSR count). The van der Waals surface area contributed by atoms with Crippen LogP contribution in [0.2, 0.25) is 0 Å². The van der Waals surface area contributed by atoms with Gasteiger partial charge in [0.2, 0.25) is 23.6 Å². The lowest BCUT2D eigenvalue weighted by molar-refractivity contribution is -0.176. The van der Waals surface area contributed by atoms with E-state index in [0.717, 1.165) is 0 Å². The highest BCUT2D eigenvalue weighted by atomic mass is 19.4. The molecule has 4 amide bonds. The SMILES string of the molecule is CCn1nc(C)cc1OCC(=O)[C@H](C[C@@H]1CCNC1=O)NC(=O)[C@@H]1[C@@H]2[C@H](CN1C(=O)[C@@H](NC(=O)C(F)(F)F)C(C)(C)C)C2(C)C. The number of hydrogen-bond acceptors (Lipinski definition) is 7. The average molecular weight is 641 g/mol. The van der Waals surface area contributed by atoms with Crippen molar-refractivity contribution < 1.29 is 41.9 Å². The van der Waals surface area contributed by atoms with Crippen LogP contribution in [0.5, 0.6) is 5.88 Å². The lowest BCUT2D eigenvalue weighted by atomic mass is 9.85. The van der Waals surface area contributed by atoms with Gasteiger partial charge in [-0.25, -0.2) is 4.68 Å². The summed E-state index contributed by atoms with van der Waals surface area (Å²) in [4.78, 5) is 66.9. The molecule has 1 aliphatic carbocycles. The van der Waals surface area contributed by atoms with Crippen LogP contribution in [0.4, 0.5) is 13.2 Å². The normalized spacial score (nSPS) is 25.2. The van der Waals surface area contributed by atoms with Gasteiger partial charge in [-0.2, -0.15) is 18.3 Å². The van der Waals surface area contributed by atoms with E-state index in [1.165, 1.54) is 25.7 Å². The second-order valence-corrected chi connectivity index (χ2v) is 13.9. The Morgan fingerprint density at radius 1 is 1.18 bits per heavy atom. The molecular weight excluding hydrogens is 597 g/mol. The van der Waals surface area contributed by atoms with Crippen LogP contribution in [-0.4, -0.2) is 88.1 Å². The van der Waals surface area contributed by atoms with Gasteiger partial charge in [0, 0.05) is 31.6 Å². The molecule has 1 aromatic heterocycles. The topological polar surface area (TPSA) is 152 Å². The summed E-state index contributed by atoms with van der Waals surface area (Å²) in [5, 5.41) is 11.6. The van der Waals surface area contributed by atoms with E-state index in [-0.39, 0.29) is 36.1 Å². The molecule has 0 bridgehead atoms. The summed E-state index contributed by atoms with van der Waals surface area (Å²) in [6.07, 6.45) is -4.72. The van der Waals surface area contributed by atoms with Crippen LogP contribution in [0.3, 0.4) is 0 Å². The van der Waals surface area contributed by atoms with E-state index in [1.54, 1.807) is 17.7 Å². The average Bonchev–Trinajstić information content (AvgIpc) is 3.41. The van der Waals surface area contributed by atoms with Crippen LogP contribution in [0, 0.1) is 35.5 Å². The minimum Gasteiger partial charge on any atom is -0.470 e. The number of rotatable bonds is 11. The third-order valence-corrected chi connectivity index (χ3v) is 9.32. The van der Waals surface area contributed by atoms with E-state index in [9.17, 15) is 37.1 Å². The number of alkyl halides is 3. The minimum absolute atomic E-state index is 0.0102. The smallest absolute Gasteiger partial charge is 0.470 e. The third-order valence-electron chi connectivity index (χ3n) is 9.32. The Bertz CT molecular complexity index is 1350. The fraction of sp³-hybridized carbons (Fsp3) is 0.733. The van der Waals surface area contributed by atoms with Crippen LogP contribution >= 0.6 is 0 Å². The number of carbonyl (C=O) groups is 5. The quantitative estimate of drug-likeness (QED) is 0.333. The number of ketones is 1. The zero-order valence-electron chi connectivity index (χ0n) is 26.7. The van der Waals surface area contributed by atoms with Crippen molar-refractivity contribution in [2.24, 2.45) is 28.6 Å². The molecule has 2 saturated heterocycles. The van der Waals surface area contributed by atoms with Crippen molar-refractivity contribution in [2.75, 3.05) is 19.7 Å². The van der Waals surface area contributed by atoms with Crippen LogP contribution in [-0.2, 0) is 30.5 Å². The predicted molar refractivity (Wildman–Crippen MR) is 155 cm³/mol. The first kappa shape index (κ1) is 34.2.